The van der Waals surface area contributed by atoms with E-state index in [-0.39, 0.29) is 5.71 Å². The maximum absolute atomic E-state index is 10.7. The van der Waals surface area contributed by atoms with Gasteiger partial charge in [-0.05, 0) is 14.1 Å². The van der Waals surface area contributed by atoms with Crippen LogP contribution in [0.15, 0.2) is 10.5 Å². The van der Waals surface area contributed by atoms with Gasteiger partial charge in [-0.3, -0.25) is 4.79 Å². The van der Waals surface area contributed by atoms with E-state index in [1.807, 2.05) is 19.0 Å². The van der Waals surface area contributed by atoms with Crippen LogP contribution in [0, 0.1) is 0 Å². The number of anilines is 1. The molecule has 0 amide bonds. The Morgan fingerprint density at radius 1 is 1.75 bits per heavy atom. The Morgan fingerprint density at radius 3 is 3.00 bits per heavy atom. The van der Waals surface area contributed by atoms with E-state index in [4.69, 9.17) is 10.6 Å². The summed E-state index contributed by atoms with van der Waals surface area (Å²) in [5.41, 5.74) is 6.06. The molecule has 0 aromatic carbocycles. The highest BCUT2D eigenvalue weighted by atomic mass is 32.1. The lowest BCUT2D eigenvalue weighted by Crippen LogP contribution is -2.17. The molecule has 2 N–H and O–H groups in total. The number of carbonyl (C=O) groups is 1. The first kappa shape index (κ1) is 12.6. The summed E-state index contributed by atoms with van der Waals surface area (Å²) in [5.74, 6) is 0. The van der Waals surface area contributed by atoms with E-state index in [0.717, 1.165) is 6.54 Å². The smallest absolute Gasteiger partial charge is 0.180 e. The van der Waals surface area contributed by atoms with E-state index >= 15 is 0 Å². The predicted octanol–water partition coefficient (Wildman–Crippen LogP) is 0.206. The number of rotatable bonds is 6. The number of oxime groups is 1. The van der Waals surface area contributed by atoms with Crippen molar-refractivity contribution in [2.75, 3.05) is 33.0 Å². The first-order valence-corrected chi connectivity index (χ1v) is 5.52. The number of likely N-dealkylation sites (N-methyl/N-ethyl adjacent to an activating group) is 1. The highest BCUT2D eigenvalue weighted by molar-refractivity contribution is 7.13. The monoisotopic (exact) mass is 242 g/mol. The summed E-state index contributed by atoms with van der Waals surface area (Å²) in [6.07, 6.45) is 0.601. The normalized spacial score (nSPS) is 11.8. The van der Waals surface area contributed by atoms with Gasteiger partial charge >= 0.3 is 0 Å². The Morgan fingerprint density at radius 2 is 2.50 bits per heavy atom. The number of hydrogen-bond acceptors (Lipinski definition) is 7. The van der Waals surface area contributed by atoms with Gasteiger partial charge in [0.25, 0.3) is 0 Å². The van der Waals surface area contributed by atoms with Crippen molar-refractivity contribution in [2.45, 2.75) is 0 Å². The Hall–Kier alpha value is -1.47. The van der Waals surface area contributed by atoms with E-state index < -0.39 is 0 Å². The van der Waals surface area contributed by atoms with Crippen molar-refractivity contribution in [1.82, 2.24) is 9.88 Å². The van der Waals surface area contributed by atoms with Crippen molar-refractivity contribution in [3.8, 4) is 0 Å². The van der Waals surface area contributed by atoms with Crippen molar-refractivity contribution < 1.29 is 9.63 Å². The van der Waals surface area contributed by atoms with Crippen LogP contribution >= 0.6 is 11.3 Å². The van der Waals surface area contributed by atoms with Crippen LogP contribution in [-0.4, -0.2) is 49.1 Å². The summed E-state index contributed by atoms with van der Waals surface area (Å²) >= 11 is 1.26. The second-order valence-corrected chi connectivity index (χ2v) is 4.19. The van der Waals surface area contributed by atoms with Crippen LogP contribution < -0.4 is 5.73 Å². The van der Waals surface area contributed by atoms with Crippen LogP contribution in [0.3, 0.4) is 0 Å². The Labute approximate surface area is 97.7 Å². The van der Waals surface area contributed by atoms with Crippen LogP contribution in [-0.2, 0) is 9.63 Å². The van der Waals surface area contributed by atoms with Crippen LogP contribution in [0.25, 0.3) is 0 Å². The largest absolute Gasteiger partial charge is 0.394 e. The molecule has 1 heterocycles. The van der Waals surface area contributed by atoms with Crippen LogP contribution in [0.4, 0.5) is 5.13 Å². The first-order chi connectivity index (χ1) is 7.63. The molecule has 7 heteroatoms. The molecular weight excluding hydrogens is 228 g/mol. The average molecular weight is 242 g/mol. The zero-order valence-corrected chi connectivity index (χ0v) is 10.0. The van der Waals surface area contributed by atoms with Crippen molar-refractivity contribution in [3.05, 3.63) is 11.1 Å². The molecular formula is C9H14N4O2S. The van der Waals surface area contributed by atoms with Gasteiger partial charge in [0, 0.05) is 11.9 Å². The second kappa shape index (κ2) is 6.19. The summed E-state index contributed by atoms with van der Waals surface area (Å²) in [7, 11) is 3.85. The fourth-order valence-electron chi connectivity index (χ4n) is 0.872. The molecule has 0 fully saturated rings. The number of aromatic nitrogens is 1. The Balaban J connectivity index is 2.54. The molecule has 0 radical (unpaired) electrons. The van der Waals surface area contributed by atoms with Crippen molar-refractivity contribution in [3.63, 3.8) is 0 Å². The summed E-state index contributed by atoms with van der Waals surface area (Å²) in [4.78, 5) is 21.6. The number of nitrogens with two attached hydrogens (primary N) is 1. The number of nitrogens with zero attached hydrogens (tertiary/aromatic N) is 3. The summed E-state index contributed by atoms with van der Waals surface area (Å²) in [6, 6.07) is 0. The zero-order valence-electron chi connectivity index (χ0n) is 9.21. The van der Waals surface area contributed by atoms with Gasteiger partial charge in [0.15, 0.2) is 17.1 Å². The van der Waals surface area contributed by atoms with Crippen molar-refractivity contribution in [2.24, 2.45) is 5.16 Å². The molecule has 88 valence electrons. The molecule has 0 aliphatic rings. The SMILES string of the molecule is CN(C)CCO/N=C(\C=O)c1csc(N)n1. The summed E-state index contributed by atoms with van der Waals surface area (Å²) < 4.78 is 0. The molecule has 0 aliphatic carbocycles. The number of carbonyl (C=O) groups excluding carboxylic acids is 1. The fourth-order valence-corrected chi connectivity index (χ4v) is 1.43. The van der Waals surface area contributed by atoms with E-state index in [1.54, 1.807) is 5.38 Å². The molecule has 0 saturated carbocycles. The second-order valence-electron chi connectivity index (χ2n) is 3.30. The highest BCUT2D eigenvalue weighted by Crippen LogP contribution is 2.11. The molecule has 1 aromatic rings. The van der Waals surface area contributed by atoms with Gasteiger partial charge in [0.2, 0.25) is 0 Å². The standard InChI is InChI=1S/C9H14N4O2S/c1-13(2)3-4-15-12-7(5-14)8-6-16-9(10)11-8/h5-6H,3-4H2,1-2H3,(H2,10,11)/b12-7+. The maximum atomic E-state index is 10.7. The van der Waals surface area contributed by atoms with Crippen molar-refractivity contribution >= 4 is 28.5 Å². The number of aldehydes is 1. The van der Waals surface area contributed by atoms with Gasteiger partial charge in [-0.25, -0.2) is 4.98 Å². The third-order valence-electron chi connectivity index (χ3n) is 1.69. The average Bonchev–Trinajstić information content (AvgIpc) is 2.64. The summed E-state index contributed by atoms with van der Waals surface area (Å²) in [5, 5.41) is 5.77. The molecule has 0 atom stereocenters. The molecule has 16 heavy (non-hydrogen) atoms. The lowest BCUT2D eigenvalue weighted by atomic mass is 10.3. The topological polar surface area (TPSA) is 80.8 Å². The lowest BCUT2D eigenvalue weighted by molar-refractivity contribution is -0.102. The van der Waals surface area contributed by atoms with Gasteiger partial charge in [0.1, 0.15) is 12.3 Å². The third-order valence-corrected chi connectivity index (χ3v) is 2.36. The molecule has 6 nitrogen and oxygen atoms in total. The van der Waals surface area contributed by atoms with E-state index in [9.17, 15) is 4.79 Å². The highest BCUT2D eigenvalue weighted by Gasteiger charge is 2.07. The van der Waals surface area contributed by atoms with Crippen LogP contribution in [0.2, 0.25) is 0 Å². The van der Waals surface area contributed by atoms with Crippen molar-refractivity contribution in [1.29, 1.82) is 0 Å². The van der Waals surface area contributed by atoms with Gasteiger partial charge < -0.3 is 15.5 Å². The molecule has 1 rings (SSSR count). The van der Waals surface area contributed by atoms with Gasteiger partial charge in [0.05, 0.1) is 0 Å². The lowest BCUT2D eigenvalue weighted by Gasteiger charge is -2.07. The van der Waals surface area contributed by atoms with Crippen LogP contribution in [0.5, 0.6) is 0 Å². The number of nitrogen functional groups attached to an aromatic ring is 1. The zero-order chi connectivity index (χ0) is 12.0. The third kappa shape index (κ3) is 3.95. The van der Waals surface area contributed by atoms with E-state index in [0.29, 0.717) is 23.7 Å². The van der Waals surface area contributed by atoms with E-state index in [1.165, 1.54) is 11.3 Å². The molecule has 0 bridgehead atoms. The minimum atomic E-state index is 0.159. The first-order valence-electron chi connectivity index (χ1n) is 4.64. The fraction of sp³-hybridized carbons (Fsp3) is 0.444. The maximum Gasteiger partial charge on any atom is 0.180 e. The number of hydrogen-bond donors (Lipinski definition) is 1. The van der Waals surface area contributed by atoms with Gasteiger partial charge in [-0.1, -0.05) is 5.16 Å². The Kier molecular flexibility index (Phi) is 4.87. The van der Waals surface area contributed by atoms with Crippen LogP contribution in [0.1, 0.15) is 5.69 Å². The molecule has 0 spiro atoms. The number of thiazole rings is 1. The Bertz CT molecular complexity index is 375. The predicted molar refractivity (Wildman–Crippen MR) is 63.6 cm³/mol. The van der Waals surface area contributed by atoms with E-state index in [2.05, 4.69) is 10.1 Å². The minimum absolute atomic E-state index is 0.159. The summed E-state index contributed by atoms with van der Waals surface area (Å²) in [6.45, 7) is 1.15. The minimum Gasteiger partial charge on any atom is -0.394 e. The van der Waals surface area contributed by atoms with Gasteiger partial charge in [-0.2, -0.15) is 0 Å². The molecule has 0 saturated heterocycles. The molecule has 1 aromatic heterocycles. The van der Waals surface area contributed by atoms with Gasteiger partial charge in [-0.15, -0.1) is 11.3 Å². The quantitative estimate of drug-likeness (QED) is 0.334. The molecule has 0 unspecified atom stereocenters. The molecule has 0 aliphatic heterocycles.